The van der Waals surface area contributed by atoms with Gasteiger partial charge in [-0.1, -0.05) is 18.2 Å². The third kappa shape index (κ3) is 2.97. The highest BCUT2D eigenvalue weighted by Crippen LogP contribution is 2.29. The van der Waals surface area contributed by atoms with Crippen molar-refractivity contribution in [1.82, 2.24) is 0 Å². The van der Waals surface area contributed by atoms with Gasteiger partial charge >= 0.3 is 5.97 Å². The maximum absolute atomic E-state index is 11.8. The Hall–Kier alpha value is -1.55. The molecule has 2 N–H and O–H groups in total. The van der Waals surface area contributed by atoms with Crippen LogP contribution in [-0.4, -0.2) is 19.2 Å². The first kappa shape index (κ1) is 13.5. The molecule has 1 aromatic rings. The highest BCUT2D eigenvalue weighted by molar-refractivity contribution is 5.82. The molecule has 0 aliphatic rings. The summed E-state index contributed by atoms with van der Waals surface area (Å²) in [6, 6.07) is 7.24. The Balaban J connectivity index is 3.08. The van der Waals surface area contributed by atoms with E-state index < -0.39 is 11.5 Å². The molecule has 17 heavy (non-hydrogen) atoms. The molecule has 0 aromatic heterocycles. The average molecular weight is 237 g/mol. The minimum atomic E-state index is -1.19. The normalized spacial score (nSPS) is 13.9. The molecule has 1 unspecified atom stereocenters. The third-order valence-corrected chi connectivity index (χ3v) is 2.45. The number of esters is 1. The summed E-state index contributed by atoms with van der Waals surface area (Å²) in [5.74, 6) is 0.167. The fourth-order valence-electron chi connectivity index (χ4n) is 1.57. The fraction of sp³-hybridized carbons (Fsp3) is 0.462. The summed E-state index contributed by atoms with van der Waals surface area (Å²) < 4.78 is 10.4. The van der Waals surface area contributed by atoms with Gasteiger partial charge in [-0.15, -0.1) is 0 Å². The molecule has 0 aliphatic carbocycles. The summed E-state index contributed by atoms with van der Waals surface area (Å²) in [4.78, 5) is 11.8. The van der Waals surface area contributed by atoms with Gasteiger partial charge in [0.05, 0.1) is 13.2 Å². The Morgan fingerprint density at radius 1 is 1.29 bits per heavy atom. The fourth-order valence-corrected chi connectivity index (χ4v) is 1.57. The van der Waals surface area contributed by atoms with E-state index in [-0.39, 0.29) is 0 Å². The second kappa shape index (κ2) is 5.68. The number of carbonyl (C=O) groups is 1. The molecule has 0 spiro atoms. The van der Waals surface area contributed by atoms with Crippen LogP contribution in [0, 0.1) is 0 Å². The van der Waals surface area contributed by atoms with Crippen molar-refractivity contribution in [2.24, 2.45) is 5.73 Å². The van der Waals surface area contributed by atoms with Gasteiger partial charge in [-0.05, 0) is 26.8 Å². The van der Waals surface area contributed by atoms with E-state index >= 15 is 0 Å². The van der Waals surface area contributed by atoms with Gasteiger partial charge in [0, 0.05) is 5.56 Å². The molecule has 1 rings (SSSR count). The Morgan fingerprint density at radius 2 is 1.94 bits per heavy atom. The van der Waals surface area contributed by atoms with Gasteiger partial charge in [-0.25, -0.2) is 4.79 Å². The highest BCUT2D eigenvalue weighted by Gasteiger charge is 2.34. The number of hydrogen-bond acceptors (Lipinski definition) is 4. The summed E-state index contributed by atoms with van der Waals surface area (Å²) >= 11 is 0. The maximum atomic E-state index is 11.8. The van der Waals surface area contributed by atoms with E-state index in [1.54, 1.807) is 26.0 Å². The lowest BCUT2D eigenvalue weighted by Crippen LogP contribution is -2.43. The number of carbonyl (C=O) groups excluding carboxylic acids is 1. The lowest BCUT2D eigenvalue weighted by Gasteiger charge is -2.24. The molecule has 0 heterocycles. The molecule has 1 aromatic carbocycles. The van der Waals surface area contributed by atoms with Crippen molar-refractivity contribution >= 4 is 5.97 Å². The van der Waals surface area contributed by atoms with Crippen LogP contribution in [0.3, 0.4) is 0 Å². The van der Waals surface area contributed by atoms with Gasteiger partial charge in [0.15, 0.2) is 0 Å². The van der Waals surface area contributed by atoms with Crippen molar-refractivity contribution in [3.05, 3.63) is 29.8 Å². The topological polar surface area (TPSA) is 61.5 Å². The monoisotopic (exact) mass is 237 g/mol. The molecule has 4 nitrogen and oxygen atoms in total. The van der Waals surface area contributed by atoms with Gasteiger partial charge in [0.25, 0.3) is 0 Å². The molecule has 94 valence electrons. The zero-order valence-corrected chi connectivity index (χ0v) is 10.5. The highest BCUT2D eigenvalue weighted by atomic mass is 16.5. The van der Waals surface area contributed by atoms with Crippen LogP contribution in [0.25, 0.3) is 0 Å². The van der Waals surface area contributed by atoms with Gasteiger partial charge in [-0.3, -0.25) is 0 Å². The number of rotatable bonds is 5. The SMILES string of the molecule is CCOC(=O)C(C)(N)c1ccccc1OCC. The zero-order chi connectivity index (χ0) is 12.9. The van der Waals surface area contributed by atoms with Crippen LogP contribution in [0.4, 0.5) is 0 Å². The van der Waals surface area contributed by atoms with E-state index in [2.05, 4.69) is 0 Å². The molecule has 1 atom stereocenters. The number of para-hydroxylation sites is 1. The van der Waals surface area contributed by atoms with Crippen molar-refractivity contribution in [2.75, 3.05) is 13.2 Å². The van der Waals surface area contributed by atoms with Gasteiger partial charge in [0.2, 0.25) is 0 Å². The van der Waals surface area contributed by atoms with Crippen LogP contribution in [0.1, 0.15) is 26.3 Å². The van der Waals surface area contributed by atoms with E-state index in [9.17, 15) is 4.79 Å². The Kier molecular flexibility index (Phi) is 4.52. The smallest absolute Gasteiger partial charge is 0.330 e. The van der Waals surface area contributed by atoms with E-state index in [1.165, 1.54) is 0 Å². The number of hydrogen-bond donors (Lipinski definition) is 1. The lowest BCUT2D eigenvalue weighted by molar-refractivity contribution is -0.149. The van der Waals surface area contributed by atoms with E-state index in [4.69, 9.17) is 15.2 Å². The second-order valence-electron chi connectivity index (χ2n) is 3.85. The van der Waals surface area contributed by atoms with Crippen LogP contribution in [-0.2, 0) is 15.1 Å². The van der Waals surface area contributed by atoms with Gasteiger partial charge in [-0.2, -0.15) is 0 Å². The minimum Gasteiger partial charge on any atom is -0.494 e. The largest absolute Gasteiger partial charge is 0.494 e. The van der Waals surface area contributed by atoms with Crippen molar-refractivity contribution in [3.63, 3.8) is 0 Å². The van der Waals surface area contributed by atoms with E-state index in [0.29, 0.717) is 24.5 Å². The number of nitrogens with two attached hydrogens (primary N) is 1. The van der Waals surface area contributed by atoms with E-state index in [0.717, 1.165) is 0 Å². The van der Waals surface area contributed by atoms with Crippen molar-refractivity contribution in [3.8, 4) is 5.75 Å². The molecular formula is C13H19NO3. The Labute approximate surface area is 102 Å². The quantitative estimate of drug-likeness (QED) is 0.793. The Bertz CT molecular complexity index is 388. The summed E-state index contributed by atoms with van der Waals surface area (Å²) in [6.45, 7) is 6.10. The van der Waals surface area contributed by atoms with Crippen LogP contribution < -0.4 is 10.5 Å². The first-order chi connectivity index (χ1) is 8.04. The standard InChI is InChI=1S/C13H19NO3/c1-4-16-11-9-7-6-8-10(11)13(3,14)12(15)17-5-2/h6-9H,4-5,14H2,1-3H3. The molecule has 0 aliphatic heterocycles. The Morgan fingerprint density at radius 3 is 2.53 bits per heavy atom. The number of benzene rings is 1. The van der Waals surface area contributed by atoms with Crippen LogP contribution in [0.15, 0.2) is 24.3 Å². The zero-order valence-electron chi connectivity index (χ0n) is 10.5. The second-order valence-corrected chi connectivity index (χ2v) is 3.85. The third-order valence-electron chi connectivity index (χ3n) is 2.45. The van der Waals surface area contributed by atoms with Crippen molar-refractivity contribution < 1.29 is 14.3 Å². The maximum Gasteiger partial charge on any atom is 0.330 e. The molecule has 0 amide bonds. The lowest BCUT2D eigenvalue weighted by atomic mass is 9.92. The minimum absolute atomic E-state index is 0.308. The predicted molar refractivity (Wildman–Crippen MR) is 65.8 cm³/mol. The molecule has 4 heteroatoms. The summed E-state index contributed by atoms with van der Waals surface area (Å²) in [6.07, 6.45) is 0. The number of ether oxygens (including phenoxy) is 2. The average Bonchev–Trinajstić information content (AvgIpc) is 2.30. The van der Waals surface area contributed by atoms with Crippen LogP contribution in [0.5, 0.6) is 5.75 Å². The van der Waals surface area contributed by atoms with Crippen LogP contribution >= 0.6 is 0 Å². The van der Waals surface area contributed by atoms with Gasteiger partial charge in [0.1, 0.15) is 11.3 Å². The van der Waals surface area contributed by atoms with Crippen molar-refractivity contribution in [1.29, 1.82) is 0 Å². The summed E-state index contributed by atoms with van der Waals surface area (Å²) in [5.41, 5.74) is 5.49. The summed E-state index contributed by atoms with van der Waals surface area (Å²) in [5, 5.41) is 0. The molecule has 0 fully saturated rings. The van der Waals surface area contributed by atoms with Gasteiger partial charge < -0.3 is 15.2 Å². The first-order valence-corrected chi connectivity index (χ1v) is 5.72. The van der Waals surface area contributed by atoms with Crippen molar-refractivity contribution in [2.45, 2.75) is 26.3 Å². The van der Waals surface area contributed by atoms with E-state index in [1.807, 2.05) is 19.1 Å². The predicted octanol–water partition coefficient (Wildman–Crippen LogP) is 1.82. The summed E-state index contributed by atoms with van der Waals surface area (Å²) in [7, 11) is 0. The molecule has 0 radical (unpaired) electrons. The van der Waals surface area contributed by atoms with Crippen LogP contribution in [0.2, 0.25) is 0 Å². The molecule has 0 saturated carbocycles. The molecule has 0 bridgehead atoms. The molecule has 0 saturated heterocycles. The molecular weight excluding hydrogens is 218 g/mol. The first-order valence-electron chi connectivity index (χ1n) is 5.72.